The second-order valence-corrected chi connectivity index (χ2v) is 9.19. The number of carbonyl (C=O) groups is 2. The molecule has 1 N–H and O–H groups in total. The third kappa shape index (κ3) is 5.51. The van der Waals surface area contributed by atoms with Crippen molar-refractivity contribution in [3.05, 3.63) is 77.5 Å². The number of piperidine rings is 1. The summed E-state index contributed by atoms with van der Waals surface area (Å²) in [5.41, 5.74) is 4.52. The number of aromatic nitrogens is 2. The summed E-state index contributed by atoms with van der Waals surface area (Å²) in [5, 5.41) is 7.90. The van der Waals surface area contributed by atoms with Crippen molar-refractivity contribution in [1.82, 2.24) is 20.0 Å². The van der Waals surface area contributed by atoms with Crippen molar-refractivity contribution in [2.45, 2.75) is 46.2 Å². The predicted octanol–water partition coefficient (Wildman–Crippen LogP) is 4.28. The first kappa shape index (κ1) is 22.8. The highest BCUT2D eigenvalue weighted by atomic mass is 16.2. The van der Waals surface area contributed by atoms with Gasteiger partial charge in [0, 0.05) is 36.8 Å². The van der Waals surface area contributed by atoms with Crippen LogP contribution >= 0.6 is 0 Å². The van der Waals surface area contributed by atoms with Crippen LogP contribution in [-0.2, 0) is 11.3 Å². The molecule has 6 nitrogen and oxygen atoms in total. The second-order valence-electron chi connectivity index (χ2n) is 9.19. The largest absolute Gasteiger partial charge is 0.351 e. The van der Waals surface area contributed by atoms with Gasteiger partial charge in [-0.1, -0.05) is 74.0 Å². The number of nitrogens with zero attached hydrogens (tertiary/aromatic N) is 3. The van der Waals surface area contributed by atoms with Crippen LogP contribution < -0.4 is 5.32 Å². The molecule has 172 valence electrons. The van der Waals surface area contributed by atoms with Gasteiger partial charge in [-0.05, 0) is 25.3 Å². The lowest BCUT2D eigenvalue weighted by Gasteiger charge is -2.33. The van der Waals surface area contributed by atoms with Gasteiger partial charge in [0.25, 0.3) is 5.91 Å². The number of hydrogen-bond donors (Lipinski definition) is 1. The zero-order valence-corrected chi connectivity index (χ0v) is 19.6. The predicted molar refractivity (Wildman–Crippen MR) is 130 cm³/mol. The van der Waals surface area contributed by atoms with E-state index in [1.165, 1.54) is 0 Å². The van der Waals surface area contributed by atoms with Gasteiger partial charge in [0.05, 0.1) is 12.1 Å². The van der Waals surface area contributed by atoms with E-state index in [2.05, 4.69) is 17.4 Å². The third-order valence-corrected chi connectivity index (χ3v) is 6.08. The summed E-state index contributed by atoms with van der Waals surface area (Å²) in [7, 11) is 0. The van der Waals surface area contributed by atoms with Crippen molar-refractivity contribution >= 4 is 11.8 Å². The molecule has 1 unspecified atom stereocenters. The average molecular weight is 445 g/mol. The minimum absolute atomic E-state index is 0.0141. The number of benzene rings is 2. The molecule has 0 radical (unpaired) electrons. The minimum Gasteiger partial charge on any atom is -0.351 e. The summed E-state index contributed by atoms with van der Waals surface area (Å²) in [6.45, 7) is 7.62. The molecular formula is C27H32N4O2. The second kappa shape index (κ2) is 10.0. The highest BCUT2D eigenvalue weighted by Crippen LogP contribution is 2.26. The van der Waals surface area contributed by atoms with Gasteiger partial charge in [0.15, 0.2) is 0 Å². The van der Waals surface area contributed by atoms with Crippen LogP contribution in [-0.4, -0.2) is 45.6 Å². The standard InChI is InChI=1S/C27H32N4O2/c1-19(2)26(32)28-23-10-7-15-30(17-23)27(33)24-18-31(16-21-8-5-4-6-9-21)29-25(24)22-13-11-20(3)12-14-22/h4-6,8-9,11-14,18-19,23H,7,10,15-17H2,1-3H3,(H,28,32). The van der Waals surface area contributed by atoms with Gasteiger partial charge in [-0.2, -0.15) is 5.10 Å². The first-order valence-electron chi connectivity index (χ1n) is 11.7. The SMILES string of the molecule is Cc1ccc(-c2nn(Cc3ccccc3)cc2C(=O)N2CCCC(NC(=O)C(C)C)C2)cc1. The van der Waals surface area contributed by atoms with Gasteiger partial charge < -0.3 is 10.2 Å². The molecule has 0 spiro atoms. The fraction of sp³-hybridized carbons (Fsp3) is 0.370. The van der Waals surface area contributed by atoms with E-state index in [9.17, 15) is 9.59 Å². The Kier molecular flexibility index (Phi) is 6.92. The van der Waals surface area contributed by atoms with Crippen molar-refractivity contribution in [2.75, 3.05) is 13.1 Å². The van der Waals surface area contributed by atoms with Gasteiger partial charge in [0.1, 0.15) is 5.69 Å². The lowest BCUT2D eigenvalue weighted by Crippen LogP contribution is -2.50. The summed E-state index contributed by atoms with van der Waals surface area (Å²) in [5.74, 6) is -0.0702. The van der Waals surface area contributed by atoms with Gasteiger partial charge in [0.2, 0.25) is 5.91 Å². The zero-order valence-electron chi connectivity index (χ0n) is 19.6. The van der Waals surface area contributed by atoms with Gasteiger partial charge in [-0.3, -0.25) is 14.3 Å². The monoisotopic (exact) mass is 444 g/mol. The van der Waals surface area contributed by atoms with E-state index in [1.807, 2.05) is 79.0 Å². The Bertz CT molecular complexity index is 1100. The van der Waals surface area contributed by atoms with E-state index in [0.29, 0.717) is 30.9 Å². The van der Waals surface area contributed by atoms with Gasteiger partial charge in [-0.25, -0.2) is 0 Å². The van der Waals surface area contributed by atoms with Crippen LogP contribution in [0.3, 0.4) is 0 Å². The molecule has 3 aromatic rings. The van der Waals surface area contributed by atoms with Crippen LogP contribution in [0.1, 0.15) is 48.2 Å². The lowest BCUT2D eigenvalue weighted by atomic mass is 10.0. The maximum absolute atomic E-state index is 13.7. The fourth-order valence-corrected chi connectivity index (χ4v) is 4.17. The smallest absolute Gasteiger partial charge is 0.257 e. The van der Waals surface area contributed by atoms with Crippen LogP contribution in [0.15, 0.2) is 60.8 Å². The summed E-state index contributed by atoms with van der Waals surface area (Å²) >= 11 is 0. The van der Waals surface area contributed by atoms with E-state index < -0.39 is 0 Å². The zero-order chi connectivity index (χ0) is 23.4. The molecule has 2 aromatic carbocycles. The van der Waals surface area contributed by atoms with E-state index >= 15 is 0 Å². The van der Waals surface area contributed by atoms with Crippen LogP contribution in [0, 0.1) is 12.8 Å². The Morgan fingerprint density at radius 2 is 1.82 bits per heavy atom. The molecule has 33 heavy (non-hydrogen) atoms. The van der Waals surface area contributed by atoms with E-state index in [-0.39, 0.29) is 23.8 Å². The van der Waals surface area contributed by atoms with Gasteiger partial charge >= 0.3 is 0 Å². The molecule has 1 atom stereocenters. The molecule has 1 aliphatic rings. The van der Waals surface area contributed by atoms with Crippen molar-refractivity contribution in [1.29, 1.82) is 0 Å². The first-order valence-corrected chi connectivity index (χ1v) is 11.7. The Morgan fingerprint density at radius 3 is 2.52 bits per heavy atom. The molecule has 2 amide bonds. The molecule has 0 saturated carbocycles. The van der Waals surface area contributed by atoms with Crippen molar-refractivity contribution in [2.24, 2.45) is 5.92 Å². The number of amides is 2. The maximum atomic E-state index is 13.7. The van der Waals surface area contributed by atoms with Crippen molar-refractivity contribution < 1.29 is 9.59 Å². The topological polar surface area (TPSA) is 67.2 Å². The number of nitrogens with one attached hydrogen (secondary N) is 1. The molecule has 0 aliphatic carbocycles. The molecule has 2 heterocycles. The van der Waals surface area contributed by atoms with Crippen molar-refractivity contribution in [3.8, 4) is 11.3 Å². The van der Waals surface area contributed by atoms with Crippen LogP contribution in [0.4, 0.5) is 0 Å². The molecule has 1 aromatic heterocycles. The van der Waals surface area contributed by atoms with Crippen molar-refractivity contribution in [3.63, 3.8) is 0 Å². The molecule has 1 saturated heterocycles. The summed E-state index contributed by atoms with van der Waals surface area (Å²) in [4.78, 5) is 27.7. The van der Waals surface area contributed by atoms with E-state index in [4.69, 9.17) is 5.10 Å². The molecular weight excluding hydrogens is 412 g/mol. The maximum Gasteiger partial charge on any atom is 0.257 e. The highest BCUT2D eigenvalue weighted by molar-refractivity contribution is 6.00. The number of hydrogen-bond acceptors (Lipinski definition) is 3. The average Bonchev–Trinajstić information content (AvgIpc) is 3.23. The fourth-order valence-electron chi connectivity index (χ4n) is 4.17. The van der Waals surface area contributed by atoms with Crippen LogP contribution in [0.5, 0.6) is 0 Å². The van der Waals surface area contributed by atoms with E-state index in [1.54, 1.807) is 0 Å². The summed E-state index contributed by atoms with van der Waals surface area (Å²) < 4.78 is 1.85. The Balaban J connectivity index is 1.61. The van der Waals surface area contributed by atoms with E-state index in [0.717, 1.165) is 29.5 Å². The Morgan fingerprint density at radius 1 is 1.09 bits per heavy atom. The number of likely N-dealkylation sites (tertiary alicyclic amines) is 1. The quantitative estimate of drug-likeness (QED) is 0.617. The number of carbonyl (C=O) groups excluding carboxylic acids is 2. The third-order valence-electron chi connectivity index (χ3n) is 6.08. The van der Waals surface area contributed by atoms with Crippen LogP contribution in [0.2, 0.25) is 0 Å². The molecule has 1 fully saturated rings. The Labute approximate surface area is 195 Å². The molecule has 4 rings (SSSR count). The Hall–Kier alpha value is -3.41. The first-order chi connectivity index (χ1) is 15.9. The number of aryl methyl sites for hydroxylation is 1. The highest BCUT2D eigenvalue weighted by Gasteiger charge is 2.29. The summed E-state index contributed by atoms with van der Waals surface area (Å²) in [6, 6.07) is 18.2. The normalized spacial score (nSPS) is 16.1. The molecule has 1 aliphatic heterocycles. The van der Waals surface area contributed by atoms with Gasteiger partial charge in [-0.15, -0.1) is 0 Å². The summed E-state index contributed by atoms with van der Waals surface area (Å²) in [6.07, 6.45) is 3.62. The minimum atomic E-state index is -0.0690. The lowest BCUT2D eigenvalue weighted by molar-refractivity contribution is -0.125. The number of rotatable bonds is 6. The molecule has 0 bridgehead atoms. The molecule has 6 heteroatoms. The van der Waals surface area contributed by atoms with Crippen LogP contribution in [0.25, 0.3) is 11.3 Å².